The number of carbonyl (C=O) groups is 1. The van der Waals surface area contributed by atoms with E-state index in [1.54, 1.807) is 63.4 Å². The Balaban J connectivity index is 1.87. The zero-order valence-corrected chi connectivity index (χ0v) is 23.2. The Hall–Kier alpha value is -4.36. The van der Waals surface area contributed by atoms with Gasteiger partial charge in [0.25, 0.3) is 5.56 Å². The van der Waals surface area contributed by atoms with Crippen LogP contribution in [0.25, 0.3) is 6.08 Å². The van der Waals surface area contributed by atoms with E-state index in [2.05, 4.69) is 4.99 Å². The van der Waals surface area contributed by atoms with Gasteiger partial charge in [0, 0.05) is 0 Å². The highest BCUT2D eigenvalue weighted by atomic mass is 32.1. The van der Waals surface area contributed by atoms with Crippen LogP contribution in [0.4, 0.5) is 0 Å². The normalized spacial score (nSPS) is 14.9. The number of fused-ring (bicyclic) bond motifs is 1. The first kappa shape index (κ1) is 27.7. The van der Waals surface area contributed by atoms with Crippen molar-refractivity contribution in [2.24, 2.45) is 4.99 Å². The number of esters is 1. The molecule has 0 fully saturated rings. The van der Waals surface area contributed by atoms with Crippen molar-refractivity contribution >= 4 is 23.4 Å². The minimum atomic E-state index is -0.772. The lowest BCUT2D eigenvalue weighted by Crippen LogP contribution is -2.40. The predicted molar refractivity (Wildman–Crippen MR) is 147 cm³/mol. The average Bonchev–Trinajstić information content (AvgIpc) is 3.21. The number of aromatic nitrogens is 1. The van der Waals surface area contributed by atoms with Crippen molar-refractivity contribution < 1.29 is 23.7 Å². The molecule has 0 radical (unpaired) electrons. The van der Waals surface area contributed by atoms with E-state index < -0.39 is 12.0 Å². The number of hydrogen-bond donors (Lipinski definition) is 0. The van der Waals surface area contributed by atoms with Gasteiger partial charge in [0.15, 0.2) is 22.9 Å². The van der Waals surface area contributed by atoms with Crippen molar-refractivity contribution in [1.82, 2.24) is 4.57 Å². The monoisotopic (exact) mass is 547 g/mol. The van der Waals surface area contributed by atoms with Gasteiger partial charge < -0.3 is 18.9 Å². The molecule has 9 nitrogen and oxygen atoms in total. The molecule has 0 aliphatic carbocycles. The van der Waals surface area contributed by atoms with E-state index in [-0.39, 0.29) is 30.5 Å². The molecule has 0 amide bonds. The summed E-state index contributed by atoms with van der Waals surface area (Å²) in [7, 11) is 1.54. The maximum Gasteiger partial charge on any atom is 0.338 e. The van der Waals surface area contributed by atoms with Gasteiger partial charge in [-0.25, -0.2) is 9.79 Å². The maximum atomic E-state index is 13.8. The van der Waals surface area contributed by atoms with Crippen molar-refractivity contribution in [3.8, 4) is 23.3 Å². The molecule has 0 saturated heterocycles. The third kappa shape index (κ3) is 5.89. The molecule has 2 heterocycles. The van der Waals surface area contributed by atoms with E-state index >= 15 is 0 Å². The molecular weight excluding hydrogens is 518 g/mol. The molecule has 4 rings (SSSR count). The Morgan fingerprint density at radius 1 is 1.21 bits per heavy atom. The average molecular weight is 548 g/mol. The standard InChI is InChI=1S/C29H29N3O6S/c1-6-36-28(34)25-18(4)31-29-32(26(25)20-9-12-22(38-17(2)3)23(16-20)35-5)27(33)24(39-29)15-19-7-10-21(11-8-19)37-14-13-30/h7-12,15-17,26H,6,14H2,1-5H3/b24-15-/t26-/m0/s1. The van der Waals surface area contributed by atoms with Gasteiger partial charge >= 0.3 is 5.97 Å². The fourth-order valence-electron chi connectivity index (χ4n) is 4.24. The Labute approximate surface area is 229 Å². The Kier molecular flexibility index (Phi) is 8.52. The van der Waals surface area contributed by atoms with E-state index in [1.165, 1.54) is 15.9 Å². The van der Waals surface area contributed by atoms with Crippen molar-refractivity contribution in [3.05, 3.63) is 84.5 Å². The lowest BCUT2D eigenvalue weighted by molar-refractivity contribution is -0.139. The van der Waals surface area contributed by atoms with Gasteiger partial charge in [-0.2, -0.15) is 5.26 Å². The topological polar surface area (TPSA) is 112 Å². The van der Waals surface area contributed by atoms with Crippen LogP contribution in [-0.2, 0) is 9.53 Å². The molecule has 0 bridgehead atoms. The second-order valence-corrected chi connectivity index (χ2v) is 9.90. The van der Waals surface area contributed by atoms with Gasteiger partial charge in [-0.3, -0.25) is 9.36 Å². The van der Waals surface area contributed by atoms with Crippen molar-refractivity contribution in [2.45, 2.75) is 39.8 Å². The predicted octanol–water partition coefficient (Wildman–Crippen LogP) is 3.50. The zero-order valence-electron chi connectivity index (χ0n) is 22.4. The van der Waals surface area contributed by atoms with Crippen LogP contribution in [0.3, 0.4) is 0 Å². The largest absolute Gasteiger partial charge is 0.493 e. The number of thiazole rings is 1. The molecular formula is C29H29N3O6S. The minimum Gasteiger partial charge on any atom is -0.493 e. The summed E-state index contributed by atoms with van der Waals surface area (Å²) in [5.41, 5.74) is 1.91. The number of nitriles is 1. The quantitative estimate of drug-likeness (QED) is 0.377. The van der Waals surface area contributed by atoms with Crippen LogP contribution in [-0.4, -0.2) is 37.0 Å². The molecule has 1 atom stereocenters. The number of allylic oxidation sites excluding steroid dienone is 1. The molecule has 1 aromatic heterocycles. The summed E-state index contributed by atoms with van der Waals surface area (Å²) in [5, 5.41) is 8.70. The van der Waals surface area contributed by atoms with Crippen molar-refractivity contribution in [3.63, 3.8) is 0 Å². The van der Waals surface area contributed by atoms with Crippen LogP contribution in [0.1, 0.15) is 44.9 Å². The fourth-order valence-corrected chi connectivity index (χ4v) is 5.29. The van der Waals surface area contributed by atoms with Gasteiger partial charge in [-0.05, 0) is 69.2 Å². The van der Waals surface area contributed by atoms with Crippen LogP contribution in [0, 0.1) is 11.3 Å². The highest BCUT2D eigenvalue weighted by molar-refractivity contribution is 7.07. The Bertz CT molecular complexity index is 1630. The minimum absolute atomic E-state index is 0.0462. The Morgan fingerprint density at radius 2 is 1.95 bits per heavy atom. The number of hydrogen-bond acceptors (Lipinski definition) is 9. The molecule has 0 N–H and O–H groups in total. The van der Waals surface area contributed by atoms with Gasteiger partial charge in [-0.15, -0.1) is 0 Å². The first-order valence-corrected chi connectivity index (χ1v) is 13.2. The molecule has 202 valence electrons. The second-order valence-electron chi connectivity index (χ2n) is 8.90. The van der Waals surface area contributed by atoms with Crippen LogP contribution in [0.5, 0.6) is 17.2 Å². The molecule has 3 aromatic rings. The summed E-state index contributed by atoms with van der Waals surface area (Å²) < 4.78 is 24.1. The molecule has 10 heteroatoms. The van der Waals surface area contributed by atoms with Crippen LogP contribution in [0.2, 0.25) is 0 Å². The summed E-state index contributed by atoms with van der Waals surface area (Å²) in [6, 6.07) is 13.6. The van der Waals surface area contributed by atoms with Gasteiger partial charge in [0.05, 0.1) is 41.7 Å². The maximum absolute atomic E-state index is 13.8. The Morgan fingerprint density at radius 3 is 2.59 bits per heavy atom. The van der Waals surface area contributed by atoms with E-state index in [4.69, 9.17) is 24.2 Å². The number of carbonyl (C=O) groups excluding carboxylic acids is 1. The van der Waals surface area contributed by atoms with Gasteiger partial charge in [0.2, 0.25) is 0 Å². The third-order valence-corrected chi connectivity index (χ3v) is 6.85. The first-order valence-electron chi connectivity index (χ1n) is 12.4. The van der Waals surface area contributed by atoms with Crippen molar-refractivity contribution in [1.29, 1.82) is 5.26 Å². The zero-order chi connectivity index (χ0) is 28.1. The molecule has 0 spiro atoms. The smallest absolute Gasteiger partial charge is 0.338 e. The lowest BCUT2D eigenvalue weighted by atomic mass is 9.95. The SMILES string of the molecule is CCOC(=O)C1=C(C)N=c2s/c(=C\c3ccc(OCC#N)cc3)c(=O)n2[C@H]1c1ccc(OC(C)C)c(OC)c1. The van der Waals surface area contributed by atoms with Gasteiger partial charge in [0.1, 0.15) is 11.8 Å². The van der Waals surface area contributed by atoms with Crippen LogP contribution >= 0.6 is 11.3 Å². The molecule has 1 aliphatic heterocycles. The molecule has 39 heavy (non-hydrogen) atoms. The fraction of sp³-hybridized carbons (Fsp3) is 0.310. The van der Waals surface area contributed by atoms with Crippen LogP contribution < -0.4 is 29.1 Å². The highest BCUT2D eigenvalue weighted by Gasteiger charge is 2.34. The number of nitrogens with zero attached hydrogens (tertiary/aromatic N) is 3. The van der Waals surface area contributed by atoms with Crippen LogP contribution in [0.15, 0.2) is 63.5 Å². The highest BCUT2D eigenvalue weighted by Crippen LogP contribution is 2.36. The number of rotatable bonds is 9. The third-order valence-electron chi connectivity index (χ3n) is 5.86. The second kappa shape index (κ2) is 12.0. The van der Waals surface area contributed by atoms with E-state index in [0.29, 0.717) is 37.8 Å². The summed E-state index contributed by atoms with van der Waals surface area (Å²) in [6.45, 7) is 7.45. The van der Waals surface area contributed by atoms with Crippen molar-refractivity contribution in [2.75, 3.05) is 20.3 Å². The number of benzene rings is 2. The summed E-state index contributed by atoms with van der Waals surface area (Å²) in [6.07, 6.45) is 1.70. The number of ether oxygens (including phenoxy) is 4. The summed E-state index contributed by atoms with van der Waals surface area (Å²) in [4.78, 5) is 32.0. The van der Waals surface area contributed by atoms with E-state index in [9.17, 15) is 9.59 Å². The van der Waals surface area contributed by atoms with E-state index in [1.807, 2.05) is 26.0 Å². The molecule has 0 saturated carbocycles. The first-order chi connectivity index (χ1) is 18.8. The molecule has 1 aliphatic rings. The lowest BCUT2D eigenvalue weighted by Gasteiger charge is -2.25. The molecule has 2 aromatic carbocycles. The summed E-state index contributed by atoms with van der Waals surface area (Å²) >= 11 is 1.24. The number of methoxy groups -OCH3 is 1. The van der Waals surface area contributed by atoms with E-state index in [0.717, 1.165) is 5.56 Å². The molecule has 0 unspecified atom stereocenters. The van der Waals surface area contributed by atoms with Gasteiger partial charge in [-0.1, -0.05) is 29.5 Å². The summed E-state index contributed by atoms with van der Waals surface area (Å²) in [5.74, 6) is 1.07.